The van der Waals surface area contributed by atoms with Crippen molar-refractivity contribution in [2.75, 3.05) is 18.5 Å². The molecule has 0 saturated heterocycles. The number of aryl methyl sites for hydroxylation is 1. The van der Waals surface area contributed by atoms with Crippen LogP contribution in [-0.4, -0.2) is 29.5 Å². The maximum atomic E-state index is 12.1. The maximum absolute atomic E-state index is 12.1. The maximum Gasteiger partial charge on any atom is 0.280 e. The first kappa shape index (κ1) is 13.1. The highest BCUT2D eigenvalue weighted by atomic mass is 32.1. The molecule has 2 aromatic rings. The summed E-state index contributed by atoms with van der Waals surface area (Å²) in [5.74, 6) is 0.866. The van der Waals surface area contributed by atoms with Crippen molar-refractivity contribution in [3.05, 3.63) is 40.0 Å². The highest BCUT2D eigenvalue weighted by Crippen LogP contribution is 2.30. The molecule has 1 amide bonds. The van der Waals surface area contributed by atoms with E-state index in [0.717, 1.165) is 30.8 Å². The van der Waals surface area contributed by atoms with Crippen LogP contribution in [0.2, 0.25) is 0 Å². The minimum atomic E-state index is -0.102. The van der Waals surface area contributed by atoms with Gasteiger partial charge in [-0.2, -0.15) is 0 Å². The second kappa shape index (κ2) is 5.58. The van der Waals surface area contributed by atoms with Gasteiger partial charge in [0.05, 0.1) is 0 Å². The van der Waals surface area contributed by atoms with E-state index >= 15 is 0 Å². The molecule has 0 fully saturated rings. The molecule has 3 rings (SSSR count). The fourth-order valence-electron chi connectivity index (χ4n) is 2.24. The first-order chi connectivity index (χ1) is 9.74. The lowest BCUT2D eigenvalue weighted by atomic mass is 10.2. The number of carbonyl (C=O) groups excluding carboxylic acids is 1. The van der Waals surface area contributed by atoms with Crippen molar-refractivity contribution in [2.24, 2.45) is 0 Å². The van der Waals surface area contributed by atoms with Crippen LogP contribution in [0, 0.1) is 0 Å². The Morgan fingerprint density at radius 1 is 1.45 bits per heavy atom. The van der Waals surface area contributed by atoms with Crippen LogP contribution < -0.4 is 10.2 Å². The van der Waals surface area contributed by atoms with E-state index in [4.69, 9.17) is 0 Å². The van der Waals surface area contributed by atoms with E-state index in [1.807, 2.05) is 19.2 Å². The van der Waals surface area contributed by atoms with E-state index in [1.54, 1.807) is 12.4 Å². The van der Waals surface area contributed by atoms with Crippen molar-refractivity contribution >= 4 is 23.1 Å². The second-order valence-corrected chi connectivity index (χ2v) is 5.91. The number of hydrogen-bond donors (Lipinski definition) is 1. The Bertz CT molecular complexity index is 611. The van der Waals surface area contributed by atoms with Gasteiger partial charge in [-0.05, 0) is 30.5 Å². The van der Waals surface area contributed by atoms with Crippen molar-refractivity contribution < 1.29 is 4.79 Å². The van der Waals surface area contributed by atoms with Crippen molar-refractivity contribution in [2.45, 2.75) is 19.4 Å². The smallest absolute Gasteiger partial charge is 0.280 e. The molecule has 1 aliphatic heterocycles. The minimum absolute atomic E-state index is 0.102. The van der Waals surface area contributed by atoms with Crippen molar-refractivity contribution in [3.8, 4) is 0 Å². The summed E-state index contributed by atoms with van der Waals surface area (Å²) in [7, 11) is 2.02. The van der Waals surface area contributed by atoms with E-state index in [1.165, 1.54) is 16.2 Å². The molecule has 0 aromatic carbocycles. The zero-order valence-electron chi connectivity index (χ0n) is 11.3. The summed E-state index contributed by atoms with van der Waals surface area (Å²) >= 11 is 1.51. The Balaban J connectivity index is 1.69. The number of hydrogen-bond acceptors (Lipinski definition) is 5. The second-order valence-electron chi connectivity index (χ2n) is 4.83. The predicted octanol–water partition coefficient (Wildman–Crippen LogP) is 1.85. The lowest BCUT2D eigenvalue weighted by molar-refractivity contribution is 0.0950. The molecule has 0 atom stereocenters. The molecule has 104 valence electrons. The summed E-state index contributed by atoms with van der Waals surface area (Å²) in [6.45, 7) is 1.51. The number of aromatic nitrogens is 2. The van der Waals surface area contributed by atoms with Gasteiger partial charge < -0.3 is 10.2 Å². The largest absolute Gasteiger partial charge is 0.359 e. The van der Waals surface area contributed by atoms with E-state index < -0.39 is 0 Å². The van der Waals surface area contributed by atoms with Gasteiger partial charge in [-0.3, -0.25) is 9.78 Å². The topological polar surface area (TPSA) is 58.1 Å². The van der Waals surface area contributed by atoms with Gasteiger partial charge in [0.25, 0.3) is 5.91 Å². The highest BCUT2D eigenvalue weighted by Gasteiger charge is 2.21. The van der Waals surface area contributed by atoms with Crippen LogP contribution >= 0.6 is 11.3 Å². The quantitative estimate of drug-likeness (QED) is 0.936. The molecule has 5 nitrogen and oxygen atoms in total. The summed E-state index contributed by atoms with van der Waals surface area (Å²) in [5.41, 5.74) is 1.03. The van der Waals surface area contributed by atoms with E-state index in [-0.39, 0.29) is 5.91 Å². The highest BCUT2D eigenvalue weighted by molar-refractivity contribution is 7.14. The van der Waals surface area contributed by atoms with Crippen LogP contribution in [0.5, 0.6) is 0 Å². The van der Waals surface area contributed by atoms with Gasteiger partial charge >= 0.3 is 0 Å². The molecule has 0 aliphatic carbocycles. The molecule has 1 N–H and O–H groups in total. The Morgan fingerprint density at radius 2 is 2.25 bits per heavy atom. The standard InChI is InChI=1S/C14H16N4OS/c1-18-8-2-3-11-12(18)17-14(20-11)13(19)16-9-10-4-6-15-7-5-10/h4-7H,2-3,8-9H2,1H3,(H,16,19). The molecule has 0 radical (unpaired) electrons. The van der Waals surface area contributed by atoms with Gasteiger partial charge in [0.1, 0.15) is 5.82 Å². The third kappa shape index (κ3) is 2.65. The zero-order chi connectivity index (χ0) is 13.9. The lowest BCUT2D eigenvalue weighted by Gasteiger charge is -2.22. The summed E-state index contributed by atoms with van der Waals surface area (Å²) in [5, 5.41) is 3.46. The molecule has 0 unspecified atom stereocenters. The molecule has 0 saturated carbocycles. The van der Waals surface area contributed by atoms with Gasteiger partial charge in [-0.1, -0.05) is 0 Å². The number of nitrogens with zero attached hydrogens (tertiary/aromatic N) is 3. The van der Waals surface area contributed by atoms with E-state index in [9.17, 15) is 4.79 Å². The van der Waals surface area contributed by atoms with Crippen LogP contribution in [0.1, 0.15) is 26.7 Å². The molecule has 6 heteroatoms. The fraction of sp³-hybridized carbons (Fsp3) is 0.357. The number of thiazole rings is 1. The third-order valence-electron chi connectivity index (χ3n) is 3.33. The van der Waals surface area contributed by atoms with Gasteiger partial charge in [0.15, 0.2) is 5.01 Å². The average Bonchev–Trinajstić information content (AvgIpc) is 2.91. The van der Waals surface area contributed by atoms with Crippen molar-refractivity contribution in [1.29, 1.82) is 0 Å². The first-order valence-corrected chi connectivity index (χ1v) is 7.43. The molecule has 0 bridgehead atoms. The van der Waals surface area contributed by atoms with Gasteiger partial charge in [-0.15, -0.1) is 11.3 Å². The summed E-state index contributed by atoms with van der Waals surface area (Å²) in [6.07, 6.45) is 5.59. The molecule has 1 aliphatic rings. The summed E-state index contributed by atoms with van der Waals surface area (Å²) < 4.78 is 0. The summed E-state index contributed by atoms with van der Waals surface area (Å²) in [6, 6.07) is 3.78. The third-order valence-corrected chi connectivity index (χ3v) is 4.44. The number of amides is 1. The van der Waals surface area contributed by atoms with E-state index in [0.29, 0.717) is 11.6 Å². The Labute approximate surface area is 121 Å². The number of pyridine rings is 1. The Morgan fingerprint density at radius 3 is 3.00 bits per heavy atom. The minimum Gasteiger partial charge on any atom is -0.359 e. The van der Waals surface area contributed by atoms with Crippen LogP contribution in [0.15, 0.2) is 24.5 Å². The zero-order valence-corrected chi connectivity index (χ0v) is 12.1. The molecule has 20 heavy (non-hydrogen) atoms. The molecule has 3 heterocycles. The van der Waals surface area contributed by atoms with Gasteiger partial charge in [-0.25, -0.2) is 4.98 Å². The van der Waals surface area contributed by atoms with E-state index in [2.05, 4.69) is 20.2 Å². The molecular formula is C14H16N4OS. The average molecular weight is 288 g/mol. The van der Waals surface area contributed by atoms with Gasteiger partial charge in [0, 0.05) is 37.4 Å². The van der Waals surface area contributed by atoms with Crippen molar-refractivity contribution in [1.82, 2.24) is 15.3 Å². The number of rotatable bonds is 3. The summed E-state index contributed by atoms with van der Waals surface area (Å²) in [4.78, 5) is 23.9. The number of fused-ring (bicyclic) bond motifs is 1. The van der Waals surface area contributed by atoms with Crippen LogP contribution in [0.3, 0.4) is 0 Å². The monoisotopic (exact) mass is 288 g/mol. The normalized spacial score (nSPS) is 13.9. The SMILES string of the molecule is CN1CCCc2sc(C(=O)NCc3ccncc3)nc21. The number of carbonyl (C=O) groups is 1. The lowest BCUT2D eigenvalue weighted by Crippen LogP contribution is -2.25. The molecule has 0 spiro atoms. The van der Waals surface area contributed by atoms with Crippen LogP contribution in [0.4, 0.5) is 5.82 Å². The van der Waals surface area contributed by atoms with Gasteiger partial charge in [0.2, 0.25) is 0 Å². The van der Waals surface area contributed by atoms with Crippen molar-refractivity contribution in [3.63, 3.8) is 0 Å². The predicted molar refractivity (Wildman–Crippen MR) is 79.1 cm³/mol. The van der Waals surface area contributed by atoms with Crippen LogP contribution in [-0.2, 0) is 13.0 Å². The number of anilines is 1. The Hall–Kier alpha value is -1.95. The molecule has 2 aromatic heterocycles. The van der Waals surface area contributed by atoms with Crippen LogP contribution in [0.25, 0.3) is 0 Å². The fourth-order valence-corrected chi connectivity index (χ4v) is 3.31. The number of nitrogens with one attached hydrogen (secondary N) is 1. The first-order valence-electron chi connectivity index (χ1n) is 6.62. The Kier molecular flexibility index (Phi) is 3.64. The molecular weight excluding hydrogens is 272 g/mol.